The summed E-state index contributed by atoms with van der Waals surface area (Å²) in [6.45, 7) is 1.50. The summed E-state index contributed by atoms with van der Waals surface area (Å²) < 4.78 is 8.00. The van der Waals surface area contributed by atoms with E-state index in [0.717, 1.165) is 30.5 Å². The minimum Gasteiger partial charge on any atom is -0.377 e. The van der Waals surface area contributed by atoms with Crippen molar-refractivity contribution in [3.63, 3.8) is 0 Å². The third-order valence-electron chi connectivity index (χ3n) is 6.35. The number of aliphatic imine (C=N–C) groups is 1. The fraction of sp³-hybridized carbons (Fsp3) is 0.611. The molecule has 7 nitrogen and oxygen atoms in total. The topological polar surface area (TPSA) is 75.8 Å². The molecule has 3 aliphatic rings. The highest BCUT2D eigenvalue weighted by Gasteiger charge is 2.66. The summed E-state index contributed by atoms with van der Waals surface area (Å²) in [7, 11) is 1.83. The van der Waals surface area contributed by atoms with E-state index >= 15 is 0 Å². The normalized spacial score (nSPS) is 28.8. The molecule has 1 saturated heterocycles. The number of nitrogens with zero attached hydrogens (tertiary/aromatic N) is 4. The van der Waals surface area contributed by atoms with Gasteiger partial charge in [0, 0.05) is 37.2 Å². The van der Waals surface area contributed by atoms with Crippen LogP contribution in [0.2, 0.25) is 0 Å². The van der Waals surface area contributed by atoms with Crippen molar-refractivity contribution in [1.29, 1.82) is 0 Å². The second-order valence-corrected chi connectivity index (χ2v) is 7.42. The van der Waals surface area contributed by atoms with Crippen LogP contribution in [0, 0.1) is 11.3 Å². The number of nitrogens with one attached hydrogen (secondary N) is 2. The van der Waals surface area contributed by atoms with Crippen LogP contribution in [0.4, 0.5) is 0 Å². The van der Waals surface area contributed by atoms with Gasteiger partial charge in [-0.3, -0.25) is 9.39 Å². The van der Waals surface area contributed by atoms with Crippen LogP contribution in [0.3, 0.4) is 0 Å². The highest BCUT2D eigenvalue weighted by molar-refractivity contribution is 14.0. The Kier molecular flexibility index (Phi) is 4.81. The second-order valence-electron chi connectivity index (χ2n) is 7.42. The Bertz CT molecular complexity index is 817. The van der Waals surface area contributed by atoms with Gasteiger partial charge in [-0.2, -0.15) is 0 Å². The van der Waals surface area contributed by atoms with Crippen molar-refractivity contribution in [2.75, 3.05) is 13.7 Å². The molecule has 8 heteroatoms. The molecule has 0 radical (unpaired) electrons. The van der Waals surface area contributed by atoms with Gasteiger partial charge in [0.15, 0.2) is 17.4 Å². The van der Waals surface area contributed by atoms with Crippen LogP contribution in [0.1, 0.15) is 31.5 Å². The van der Waals surface area contributed by atoms with Gasteiger partial charge in [0.2, 0.25) is 0 Å². The molecule has 0 aromatic carbocycles. The van der Waals surface area contributed by atoms with Gasteiger partial charge in [-0.1, -0.05) is 12.5 Å². The summed E-state index contributed by atoms with van der Waals surface area (Å²) in [5.41, 5.74) is 1.21. The van der Waals surface area contributed by atoms with Crippen LogP contribution >= 0.6 is 24.0 Å². The number of halogens is 1. The molecule has 3 atom stereocenters. The van der Waals surface area contributed by atoms with Crippen molar-refractivity contribution >= 4 is 35.6 Å². The van der Waals surface area contributed by atoms with E-state index in [0.29, 0.717) is 30.0 Å². The molecule has 2 aromatic rings. The van der Waals surface area contributed by atoms with Gasteiger partial charge in [-0.25, -0.2) is 0 Å². The Morgan fingerprint density at radius 1 is 1.38 bits per heavy atom. The van der Waals surface area contributed by atoms with Crippen molar-refractivity contribution in [2.24, 2.45) is 16.3 Å². The molecular formula is C18H25IN6O. The molecule has 2 saturated carbocycles. The first kappa shape index (κ1) is 18.0. The highest BCUT2D eigenvalue weighted by atomic mass is 127. The van der Waals surface area contributed by atoms with Gasteiger partial charge in [-0.05, 0) is 31.4 Å². The van der Waals surface area contributed by atoms with Crippen LogP contribution in [-0.4, -0.2) is 46.4 Å². The number of aromatic nitrogens is 3. The minimum absolute atomic E-state index is 0. The number of fused-ring (bicyclic) bond motifs is 3. The maximum Gasteiger partial charge on any atom is 0.191 e. The number of hydrogen-bond donors (Lipinski definition) is 2. The SMILES string of the molecule is CN=C(NCc1nnc2ccccn12)NC1C2CCOC2C12CCC2.I. The second kappa shape index (κ2) is 6.95. The number of hydrogen-bond acceptors (Lipinski definition) is 4. The van der Waals surface area contributed by atoms with Crippen molar-refractivity contribution in [3.8, 4) is 0 Å². The lowest BCUT2D eigenvalue weighted by atomic mass is 9.46. The molecule has 1 spiro atoms. The Hall–Kier alpha value is -1.42. The largest absolute Gasteiger partial charge is 0.377 e. The fourth-order valence-electron chi connectivity index (χ4n) is 4.97. The summed E-state index contributed by atoms with van der Waals surface area (Å²) in [4.78, 5) is 4.42. The maximum absolute atomic E-state index is 6.00. The quantitative estimate of drug-likeness (QED) is 0.410. The summed E-state index contributed by atoms with van der Waals surface area (Å²) >= 11 is 0. The molecule has 1 aliphatic heterocycles. The van der Waals surface area contributed by atoms with E-state index in [1.807, 2.05) is 35.8 Å². The van der Waals surface area contributed by atoms with E-state index in [1.54, 1.807) is 0 Å². The lowest BCUT2D eigenvalue weighted by Crippen LogP contribution is -2.72. The Balaban J connectivity index is 0.00000168. The Labute approximate surface area is 170 Å². The minimum atomic E-state index is 0. The van der Waals surface area contributed by atoms with Gasteiger partial charge in [-0.15, -0.1) is 34.2 Å². The standard InChI is InChI=1S/C18H24N6O.HI/c1-19-17(20-11-14-23-22-13-5-2-3-9-24(13)14)21-15-12-6-10-25-16(12)18(15)7-4-8-18;/h2-3,5,9,12,15-16H,4,6-8,10-11H2,1H3,(H2,19,20,21);1H. The summed E-state index contributed by atoms with van der Waals surface area (Å²) in [5.74, 6) is 2.36. The highest BCUT2D eigenvalue weighted by Crippen LogP contribution is 2.62. The Morgan fingerprint density at radius 2 is 2.27 bits per heavy atom. The number of pyridine rings is 1. The fourth-order valence-corrected chi connectivity index (χ4v) is 4.97. The average molecular weight is 468 g/mol. The molecule has 3 unspecified atom stereocenters. The molecular weight excluding hydrogens is 443 g/mol. The lowest BCUT2D eigenvalue weighted by molar-refractivity contribution is -0.171. The summed E-state index contributed by atoms with van der Waals surface area (Å²) in [6, 6.07) is 6.40. The molecule has 140 valence electrons. The van der Waals surface area contributed by atoms with Gasteiger partial charge in [0.05, 0.1) is 12.6 Å². The number of ether oxygens (including phenoxy) is 1. The zero-order valence-corrected chi connectivity index (χ0v) is 17.2. The molecule has 0 bridgehead atoms. The Morgan fingerprint density at radius 3 is 3.04 bits per heavy atom. The van der Waals surface area contributed by atoms with Crippen molar-refractivity contribution in [3.05, 3.63) is 30.2 Å². The molecule has 2 aromatic heterocycles. The van der Waals surface area contributed by atoms with Crippen molar-refractivity contribution in [1.82, 2.24) is 25.2 Å². The van der Waals surface area contributed by atoms with Crippen LogP contribution in [0.25, 0.3) is 5.65 Å². The van der Waals surface area contributed by atoms with Crippen LogP contribution in [0.15, 0.2) is 29.4 Å². The molecule has 3 fully saturated rings. The first-order valence-electron chi connectivity index (χ1n) is 9.19. The average Bonchev–Trinajstić information content (AvgIpc) is 3.19. The zero-order chi connectivity index (χ0) is 16.9. The number of rotatable bonds is 3. The molecule has 0 amide bonds. The third-order valence-corrected chi connectivity index (χ3v) is 6.35. The molecule has 26 heavy (non-hydrogen) atoms. The van der Waals surface area contributed by atoms with E-state index in [1.165, 1.54) is 19.3 Å². The molecule has 2 N–H and O–H groups in total. The van der Waals surface area contributed by atoms with Gasteiger partial charge in [0.25, 0.3) is 0 Å². The van der Waals surface area contributed by atoms with Crippen LogP contribution in [0.5, 0.6) is 0 Å². The van der Waals surface area contributed by atoms with Gasteiger partial charge >= 0.3 is 0 Å². The predicted molar refractivity (Wildman–Crippen MR) is 110 cm³/mol. The van der Waals surface area contributed by atoms with Gasteiger partial charge in [0.1, 0.15) is 0 Å². The van der Waals surface area contributed by atoms with Crippen molar-refractivity contribution < 1.29 is 4.74 Å². The first-order chi connectivity index (χ1) is 12.3. The van der Waals surface area contributed by atoms with Crippen molar-refractivity contribution in [2.45, 2.75) is 44.4 Å². The van der Waals surface area contributed by atoms with E-state index in [4.69, 9.17) is 4.74 Å². The van der Waals surface area contributed by atoms with E-state index in [-0.39, 0.29) is 24.0 Å². The van der Waals surface area contributed by atoms with E-state index < -0.39 is 0 Å². The van der Waals surface area contributed by atoms with E-state index in [2.05, 4.69) is 25.8 Å². The molecule has 5 rings (SSSR count). The maximum atomic E-state index is 6.00. The smallest absolute Gasteiger partial charge is 0.191 e. The zero-order valence-electron chi connectivity index (χ0n) is 14.9. The van der Waals surface area contributed by atoms with Crippen LogP contribution in [-0.2, 0) is 11.3 Å². The predicted octanol–water partition coefficient (Wildman–Crippen LogP) is 1.97. The lowest BCUT2D eigenvalue weighted by Gasteiger charge is -2.63. The van der Waals surface area contributed by atoms with E-state index in [9.17, 15) is 0 Å². The van der Waals surface area contributed by atoms with Crippen LogP contribution < -0.4 is 10.6 Å². The van der Waals surface area contributed by atoms with Gasteiger partial charge < -0.3 is 15.4 Å². The summed E-state index contributed by atoms with van der Waals surface area (Å²) in [5, 5.41) is 15.6. The summed E-state index contributed by atoms with van der Waals surface area (Å²) in [6.07, 6.45) is 7.49. The monoisotopic (exact) mass is 468 g/mol. The molecule has 3 heterocycles. The third kappa shape index (κ3) is 2.60. The molecule has 2 aliphatic carbocycles. The number of guanidine groups is 1. The first-order valence-corrected chi connectivity index (χ1v) is 9.19.